The van der Waals surface area contributed by atoms with Gasteiger partial charge < -0.3 is 5.32 Å². The molecule has 0 radical (unpaired) electrons. The van der Waals surface area contributed by atoms with Gasteiger partial charge in [-0.3, -0.25) is 0 Å². The van der Waals surface area contributed by atoms with Crippen molar-refractivity contribution in [1.82, 2.24) is 10.0 Å². The molecule has 0 rings (SSSR count). The van der Waals surface area contributed by atoms with Gasteiger partial charge in [-0.25, -0.2) is 26.7 Å². The Morgan fingerprint density at radius 3 is 2.07 bits per heavy atom. The molecule has 0 aliphatic carbocycles. The molecule has 4 N–H and O–H groups in total. The highest BCUT2D eigenvalue weighted by molar-refractivity contribution is 7.89. The fourth-order valence-electron chi connectivity index (χ4n) is 0.664. The Hall–Kier alpha value is -0.220. The minimum absolute atomic E-state index is 0.161. The van der Waals surface area contributed by atoms with E-state index in [2.05, 4.69) is 10.0 Å². The first kappa shape index (κ1) is 13.8. The Balaban J connectivity index is 3.41. The highest BCUT2D eigenvalue weighted by Gasteiger charge is 2.01. The number of hydrogen-bond donors (Lipinski definition) is 3. The Morgan fingerprint density at radius 1 is 1.07 bits per heavy atom. The van der Waals surface area contributed by atoms with Crippen LogP contribution in [0.15, 0.2) is 0 Å². The summed E-state index contributed by atoms with van der Waals surface area (Å²) in [6.45, 7) is 0.802. The molecule has 0 fully saturated rings. The van der Waals surface area contributed by atoms with E-state index in [9.17, 15) is 16.8 Å². The SMILES string of the molecule is CS(=O)(=O)NCCNCCS(N)(=O)=O. The fourth-order valence-corrected chi connectivity index (χ4v) is 1.57. The Labute approximate surface area is 84.2 Å². The monoisotopic (exact) mass is 245 g/mol. The summed E-state index contributed by atoms with van der Waals surface area (Å²) in [7, 11) is -6.61. The highest BCUT2D eigenvalue weighted by Crippen LogP contribution is 1.74. The second kappa shape index (κ2) is 5.61. The van der Waals surface area contributed by atoms with Gasteiger partial charge in [0.15, 0.2) is 0 Å². The van der Waals surface area contributed by atoms with E-state index in [1.807, 2.05) is 0 Å². The van der Waals surface area contributed by atoms with E-state index >= 15 is 0 Å². The third kappa shape index (κ3) is 11.8. The molecule has 7 nitrogen and oxygen atoms in total. The Kier molecular flexibility index (Phi) is 5.52. The molecule has 14 heavy (non-hydrogen) atoms. The van der Waals surface area contributed by atoms with Crippen LogP contribution in [0, 0.1) is 0 Å². The predicted octanol–water partition coefficient (Wildman–Crippen LogP) is -2.59. The van der Waals surface area contributed by atoms with Crippen LogP contribution in [0.3, 0.4) is 0 Å². The quantitative estimate of drug-likeness (QED) is 0.425. The van der Waals surface area contributed by atoms with Crippen molar-refractivity contribution in [2.45, 2.75) is 0 Å². The first-order chi connectivity index (χ1) is 6.21. The van der Waals surface area contributed by atoms with Crippen molar-refractivity contribution in [3.63, 3.8) is 0 Å². The smallest absolute Gasteiger partial charge is 0.210 e. The zero-order chi connectivity index (χ0) is 11.2. The summed E-state index contributed by atoms with van der Waals surface area (Å²) in [5.74, 6) is -0.161. The molecule has 0 aromatic heterocycles. The largest absolute Gasteiger partial charge is 0.314 e. The molecule has 0 unspecified atom stereocenters. The number of rotatable bonds is 7. The fraction of sp³-hybridized carbons (Fsp3) is 1.00. The molecule has 0 saturated heterocycles. The van der Waals surface area contributed by atoms with Gasteiger partial charge >= 0.3 is 0 Å². The Bertz CT molecular complexity index is 311. The van der Waals surface area contributed by atoms with Crippen LogP contribution >= 0.6 is 0 Å². The van der Waals surface area contributed by atoms with Crippen LogP contribution in [0.25, 0.3) is 0 Å². The van der Waals surface area contributed by atoms with E-state index in [-0.39, 0.29) is 18.8 Å². The summed E-state index contributed by atoms with van der Waals surface area (Å²) < 4.78 is 44.3. The van der Waals surface area contributed by atoms with Crippen molar-refractivity contribution in [3.05, 3.63) is 0 Å². The lowest BCUT2D eigenvalue weighted by Crippen LogP contribution is -2.34. The first-order valence-electron chi connectivity index (χ1n) is 3.86. The van der Waals surface area contributed by atoms with Gasteiger partial charge in [-0.2, -0.15) is 0 Å². The van der Waals surface area contributed by atoms with E-state index in [1.54, 1.807) is 0 Å². The molecule has 0 spiro atoms. The number of primary sulfonamides is 1. The molecular formula is C5H15N3O4S2. The van der Waals surface area contributed by atoms with E-state index in [0.29, 0.717) is 6.54 Å². The first-order valence-corrected chi connectivity index (χ1v) is 7.47. The number of hydrogen-bond acceptors (Lipinski definition) is 5. The van der Waals surface area contributed by atoms with Crippen molar-refractivity contribution in [2.24, 2.45) is 5.14 Å². The second-order valence-corrected chi connectivity index (χ2v) is 6.35. The lowest BCUT2D eigenvalue weighted by atomic mass is 10.6. The van der Waals surface area contributed by atoms with E-state index in [4.69, 9.17) is 5.14 Å². The normalized spacial score (nSPS) is 13.0. The lowest BCUT2D eigenvalue weighted by Gasteiger charge is -2.03. The number of sulfonamides is 2. The Morgan fingerprint density at radius 2 is 1.64 bits per heavy atom. The predicted molar refractivity (Wildman–Crippen MR) is 53.7 cm³/mol. The average Bonchev–Trinajstić information content (AvgIpc) is 1.92. The molecule has 86 valence electrons. The maximum absolute atomic E-state index is 10.6. The summed E-state index contributed by atoms with van der Waals surface area (Å²) in [4.78, 5) is 0. The van der Waals surface area contributed by atoms with Crippen LogP contribution in [0.5, 0.6) is 0 Å². The van der Waals surface area contributed by atoms with Crippen LogP contribution in [-0.4, -0.2) is 48.5 Å². The van der Waals surface area contributed by atoms with Crippen LogP contribution in [0.4, 0.5) is 0 Å². The van der Waals surface area contributed by atoms with Crippen LogP contribution in [0.2, 0.25) is 0 Å². The zero-order valence-electron chi connectivity index (χ0n) is 7.86. The highest BCUT2D eigenvalue weighted by atomic mass is 32.2. The summed E-state index contributed by atoms with van der Waals surface area (Å²) in [6, 6.07) is 0. The maximum Gasteiger partial charge on any atom is 0.210 e. The summed E-state index contributed by atoms with van der Waals surface area (Å²) in [6.07, 6.45) is 1.05. The molecule has 9 heteroatoms. The molecule has 0 bridgehead atoms. The molecule has 0 amide bonds. The van der Waals surface area contributed by atoms with Gasteiger partial charge in [-0.05, 0) is 0 Å². The molecule has 0 atom stereocenters. The number of nitrogens with one attached hydrogen (secondary N) is 2. The van der Waals surface area contributed by atoms with Crippen LogP contribution < -0.4 is 15.2 Å². The molecule has 0 aliphatic rings. The lowest BCUT2D eigenvalue weighted by molar-refractivity contribution is 0.579. The summed E-state index contributed by atoms with van der Waals surface area (Å²) >= 11 is 0. The van der Waals surface area contributed by atoms with E-state index in [1.165, 1.54) is 0 Å². The minimum atomic E-state index is -3.44. The zero-order valence-corrected chi connectivity index (χ0v) is 9.49. The van der Waals surface area contributed by atoms with E-state index in [0.717, 1.165) is 6.26 Å². The van der Waals surface area contributed by atoms with E-state index < -0.39 is 20.0 Å². The number of nitrogens with two attached hydrogens (primary N) is 1. The van der Waals surface area contributed by atoms with Crippen LogP contribution in [-0.2, 0) is 20.0 Å². The summed E-state index contributed by atoms with van der Waals surface area (Å²) in [5.41, 5.74) is 0. The van der Waals surface area contributed by atoms with Gasteiger partial charge in [-0.15, -0.1) is 0 Å². The van der Waals surface area contributed by atoms with Crippen molar-refractivity contribution >= 4 is 20.0 Å². The molecule has 0 aromatic rings. The van der Waals surface area contributed by atoms with Crippen molar-refractivity contribution in [3.8, 4) is 0 Å². The molecule has 0 aliphatic heterocycles. The van der Waals surface area contributed by atoms with Gasteiger partial charge in [0, 0.05) is 19.6 Å². The molecule has 0 aromatic carbocycles. The van der Waals surface area contributed by atoms with Gasteiger partial charge in [0.05, 0.1) is 12.0 Å². The third-order valence-electron chi connectivity index (χ3n) is 1.23. The topological polar surface area (TPSA) is 118 Å². The molecule has 0 heterocycles. The van der Waals surface area contributed by atoms with Crippen molar-refractivity contribution in [2.75, 3.05) is 31.6 Å². The second-order valence-electron chi connectivity index (χ2n) is 2.78. The third-order valence-corrected chi connectivity index (χ3v) is 2.73. The maximum atomic E-state index is 10.6. The van der Waals surface area contributed by atoms with Gasteiger partial charge in [-0.1, -0.05) is 0 Å². The summed E-state index contributed by atoms with van der Waals surface area (Å²) in [5, 5.41) is 7.47. The standard InChI is InChI=1S/C5H15N3O4S2/c1-13(9,10)8-3-2-7-4-5-14(6,11)12/h7-8H,2-5H2,1H3,(H2,6,11,12). The molecule has 0 saturated carbocycles. The average molecular weight is 245 g/mol. The van der Waals surface area contributed by atoms with Gasteiger partial charge in [0.1, 0.15) is 0 Å². The molecular weight excluding hydrogens is 230 g/mol. The van der Waals surface area contributed by atoms with Gasteiger partial charge in [0.2, 0.25) is 20.0 Å². The van der Waals surface area contributed by atoms with Crippen LogP contribution in [0.1, 0.15) is 0 Å². The van der Waals surface area contributed by atoms with Crippen molar-refractivity contribution in [1.29, 1.82) is 0 Å². The minimum Gasteiger partial charge on any atom is -0.314 e. The van der Waals surface area contributed by atoms with Gasteiger partial charge in [0.25, 0.3) is 0 Å². The van der Waals surface area contributed by atoms with Crippen molar-refractivity contribution < 1.29 is 16.8 Å².